The summed E-state index contributed by atoms with van der Waals surface area (Å²) in [6, 6.07) is 4.54. The van der Waals surface area contributed by atoms with E-state index in [1.165, 1.54) is 5.56 Å². The molecular formula is C14H23N3O. The summed E-state index contributed by atoms with van der Waals surface area (Å²) in [6.45, 7) is 9.97. The van der Waals surface area contributed by atoms with E-state index in [1.807, 2.05) is 12.3 Å². The van der Waals surface area contributed by atoms with Crippen molar-refractivity contribution in [2.45, 2.75) is 39.5 Å². The Hall–Kier alpha value is -1.13. The van der Waals surface area contributed by atoms with E-state index in [4.69, 9.17) is 4.74 Å². The van der Waals surface area contributed by atoms with Crippen molar-refractivity contribution in [2.75, 3.05) is 24.6 Å². The number of pyridine rings is 1. The van der Waals surface area contributed by atoms with Crippen molar-refractivity contribution in [1.82, 2.24) is 10.3 Å². The quantitative estimate of drug-likeness (QED) is 0.883. The average molecular weight is 249 g/mol. The molecule has 1 aliphatic rings. The molecule has 18 heavy (non-hydrogen) atoms. The van der Waals surface area contributed by atoms with Crippen LogP contribution in [-0.4, -0.2) is 36.8 Å². The van der Waals surface area contributed by atoms with Gasteiger partial charge in [0.05, 0.1) is 18.8 Å². The second kappa shape index (κ2) is 6.16. The van der Waals surface area contributed by atoms with Gasteiger partial charge in [0.15, 0.2) is 0 Å². The molecule has 0 spiro atoms. The largest absolute Gasteiger partial charge is 0.375 e. The minimum Gasteiger partial charge on any atom is -0.375 e. The number of rotatable bonds is 4. The number of hydrogen-bond donors (Lipinski definition) is 1. The Balaban J connectivity index is 2.19. The molecule has 1 N–H and O–H groups in total. The van der Waals surface area contributed by atoms with Gasteiger partial charge in [-0.3, -0.25) is 0 Å². The van der Waals surface area contributed by atoms with E-state index in [0.717, 1.165) is 32.1 Å². The number of morpholine rings is 1. The lowest BCUT2D eigenvalue weighted by molar-refractivity contribution is 0.0340. The molecule has 0 aliphatic carbocycles. The first-order chi connectivity index (χ1) is 8.72. The van der Waals surface area contributed by atoms with Crippen molar-refractivity contribution in [3.05, 3.63) is 23.9 Å². The molecule has 0 radical (unpaired) electrons. The van der Waals surface area contributed by atoms with Gasteiger partial charge in [-0.1, -0.05) is 13.0 Å². The first-order valence-corrected chi connectivity index (χ1v) is 6.75. The molecule has 0 bridgehead atoms. The van der Waals surface area contributed by atoms with Crippen molar-refractivity contribution in [3.63, 3.8) is 0 Å². The molecule has 100 valence electrons. The summed E-state index contributed by atoms with van der Waals surface area (Å²) < 4.78 is 5.68. The van der Waals surface area contributed by atoms with Crippen LogP contribution in [-0.2, 0) is 11.3 Å². The number of anilines is 1. The first kappa shape index (κ1) is 13.3. The molecule has 0 aromatic carbocycles. The summed E-state index contributed by atoms with van der Waals surface area (Å²) in [6.07, 6.45) is 2.15. The molecule has 1 aromatic rings. The van der Waals surface area contributed by atoms with Gasteiger partial charge in [0.25, 0.3) is 0 Å². The van der Waals surface area contributed by atoms with Crippen LogP contribution in [0.15, 0.2) is 18.3 Å². The third-order valence-corrected chi connectivity index (χ3v) is 3.31. The lowest BCUT2D eigenvalue weighted by Gasteiger charge is -2.38. The van der Waals surface area contributed by atoms with Crippen LogP contribution in [0.4, 0.5) is 5.82 Å². The molecule has 1 saturated heterocycles. The molecule has 4 nitrogen and oxygen atoms in total. The van der Waals surface area contributed by atoms with Crippen molar-refractivity contribution >= 4 is 5.82 Å². The lowest BCUT2D eigenvalue weighted by atomic mass is 10.1. The number of ether oxygens (including phenoxy) is 1. The topological polar surface area (TPSA) is 37.4 Å². The predicted molar refractivity (Wildman–Crippen MR) is 73.8 cm³/mol. The minimum atomic E-state index is 0.273. The number of nitrogens with one attached hydrogen (secondary N) is 1. The smallest absolute Gasteiger partial charge is 0.133 e. The zero-order valence-electron chi connectivity index (χ0n) is 11.5. The Morgan fingerprint density at radius 1 is 1.50 bits per heavy atom. The molecule has 1 fully saturated rings. The Morgan fingerprint density at radius 3 is 3.11 bits per heavy atom. The highest BCUT2D eigenvalue weighted by Gasteiger charge is 2.25. The van der Waals surface area contributed by atoms with Crippen LogP contribution in [0, 0.1) is 0 Å². The zero-order chi connectivity index (χ0) is 13.0. The molecule has 0 amide bonds. The summed E-state index contributed by atoms with van der Waals surface area (Å²) in [5.74, 6) is 1.10. The molecule has 1 aromatic heterocycles. The highest BCUT2D eigenvalue weighted by Crippen LogP contribution is 2.23. The summed E-state index contributed by atoms with van der Waals surface area (Å²) in [7, 11) is 0. The lowest BCUT2D eigenvalue weighted by Crippen LogP contribution is -2.48. The van der Waals surface area contributed by atoms with Gasteiger partial charge in [-0.15, -0.1) is 0 Å². The molecular weight excluding hydrogens is 226 g/mol. The standard InChI is InChI=1S/C14H23N3O/c1-4-15-8-13-6-5-7-16-14(13)17-9-12(3)18-10-11(17)2/h5-7,11-12,15H,4,8-10H2,1-3H3. The number of hydrogen-bond acceptors (Lipinski definition) is 4. The van der Waals surface area contributed by atoms with E-state index in [0.29, 0.717) is 6.04 Å². The Labute approximate surface area is 109 Å². The number of aromatic nitrogens is 1. The van der Waals surface area contributed by atoms with Gasteiger partial charge in [0.2, 0.25) is 0 Å². The van der Waals surface area contributed by atoms with Crippen LogP contribution >= 0.6 is 0 Å². The van der Waals surface area contributed by atoms with Gasteiger partial charge < -0.3 is 15.0 Å². The van der Waals surface area contributed by atoms with Crippen molar-refractivity contribution in [2.24, 2.45) is 0 Å². The normalized spacial score (nSPS) is 24.3. The fraction of sp³-hybridized carbons (Fsp3) is 0.643. The van der Waals surface area contributed by atoms with E-state index in [9.17, 15) is 0 Å². The van der Waals surface area contributed by atoms with Crippen LogP contribution in [0.5, 0.6) is 0 Å². The molecule has 4 heteroatoms. The second-order valence-electron chi connectivity index (χ2n) is 4.91. The molecule has 2 heterocycles. The third kappa shape index (κ3) is 3.00. The maximum Gasteiger partial charge on any atom is 0.133 e. The summed E-state index contributed by atoms with van der Waals surface area (Å²) >= 11 is 0. The van der Waals surface area contributed by atoms with E-state index in [-0.39, 0.29) is 6.10 Å². The van der Waals surface area contributed by atoms with Crippen molar-refractivity contribution < 1.29 is 4.74 Å². The van der Waals surface area contributed by atoms with Gasteiger partial charge >= 0.3 is 0 Å². The molecule has 2 unspecified atom stereocenters. The van der Waals surface area contributed by atoms with Crippen molar-refractivity contribution in [3.8, 4) is 0 Å². The van der Waals surface area contributed by atoms with Gasteiger partial charge in [-0.25, -0.2) is 4.98 Å². The van der Waals surface area contributed by atoms with Crippen LogP contribution in [0.3, 0.4) is 0 Å². The van der Waals surface area contributed by atoms with E-state index in [2.05, 4.69) is 42.0 Å². The predicted octanol–water partition coefficient (Wildman–Crippen LogP) is 1.80. The van der Waals surface area contributed by atoms with Crippen LogP contribution in [0.1, 0.15) is 26.3 Å². The molecule has 0 saturated carbocycles. The van der Waals surface area contributed by atoms with E-state index < -0.39 is 0 Å². The summed E-state index contributed by atoms with van der Waals surface area (Å²) in [5.41, 5.74) is 1.26. The number of nitrogens with zero attached hydrogens (tertiary/aromatic N) is 2. The maximum absolute atomic E-state index is 5.68. The minimum absolute atomic E-state index is 0.273. The average Bonchev–Trinajstić information content (AvgIpc) is 2.39. The van der Waals surface area contributed by atoms with Gasteiger partial charge in [-0.05, 0) is 26.5 Å². The van der Waals surface area contributed by atoms with Crippen molar-refractivity contribution in [1.29, 1.82) is 0 Å². The first-order valence-electron chi connectivity index (χ1n) is 6.75. The summed E-state index contributed by atoms with van der Waals surface area (Å²) in [4.78, 5) is 6.93. The Morgan fingerprint density at radius 2 is 2.33 bits per heavy atom. The Bertz CT molecular complexity index is 383. The van der Waals surface area contributed by atoms with Crippen LogP contribution < -0.4 is 10.2 Å². The van der Waals surface area contributed by atoms with Gasteiger partial charge in [0.1, 0.15) is 5.82 Å². The molecule has 2 rings (SSSR count). The van der Waals surface area contributed by atoms with Gasteiger partial charge in [-0.2, -0.15) is 0 Å². The third-order valence-electron chi connectivity index (χ3n) is 3.31. The zero-order valence-corrected chi connectivity index (χ0v) is 11.5. The van der Waals surface area contributed by atoms with E-state index >= 15 is 0 Å². The molecule has 1 aliphatic heterocycles. The monoisotopic (exact) mass is 249 g/mol. The highest BCUT2D eigenvalue weighted by atomic mass is 16.5. The fourth-order valence-electron chi connectivity index (χ4n) is 2.28. The SMILES string of the molecule is CCNCc1cccnc1N1CC(C)OCC1C. The highest BCUT2D eigenvalue weighted by molar-refractivity contribution is 5.48. The van der Waals surface area contributed by atoms with E-state index in [1.54, 1.807) is 0 Å². The molecule has 2 atom stereocenters. The summed E-state index contributed by atoms with van der Waals surface area (Å²) in [5, 5.41) is 3.37. The maximum atomic E-state index is 5.68. The fourth-order valence-corrected chi connectivity index (χ4v) is 2.28. The van der Waals surface area contributed by atoms with Gasteiger partial charge in [0, 0.05) is 24.8 Å². The Kier molecular flexibility index (Phi) is 4.55. The van der Waals surface area contributed by atoms with Crippen LogP contribution in [0.25, 0.3) is 0 Å². The second-order valence-corrected chi connectivity index (χ2v) is 4.91. The van der Waals surface area contributed by atoms with Crippen LogP contribution in [0.2, 0.25) is 0 Å².